The van der Waals surface area contributed by atoms with Gasteiger partial charge in [-0.1, -0.05) is 109 Å². The molecular weight excluding hydrogens is 414 g/mol. The van der Waals surface area contributed by atoms with Crippen molar-refractivity contribution in [2.45, 2.75) is 154 Å². The van der Waals surface area contributed by atoms with Gasteiger partial charge >= 0.3 is 0 Å². The molecule has 0 saturated carbocycles. The van der Waals surface area contributed by atoms with Gasteiger partial charge in [0.1, 0.15) is 6.10 Å². The molecule has 1 amide bonds. The Morgan fingerprint density at radius 3 is 1.85 bits per heavy atom. The maximum absolute atomic E-state index is 12.2. The first-order valence-corrected chi connectivity index (χ1v) is 14.0. The van der Waals surface area contributed by atoms with Crippen molar-refractivity contribution in [1.29, 1.82) is 0 Å². The molecule has 0 aliphatic carbocycles. The number of aliphatic hydroxyl groups is 3. The molecule has 0 heterocycles. The summed E-state index contributed by atoms with van der Waals surface area (Å²) in [5, 5.41) is 32.9. The van der Waals surface area contributed by atoms with Crippen LogP contribution in [0, 0.1) is 0 Å². The van der Waals surface area contributed by atoms with E-state index in [0.717, 1.165) is 44.9 Å². The average Bonchev–Trinajstić information content (AvgIpc) is 2.82. The lowest BCUT2D eigenvalue weighted by Crippen LogP contribution is -2.50. The molecule has 0 radical (unpaired) electrons. The predicted molar refractivity (Wildman–Crippen MR) is 139 cm³/mol. The van der Waals surface area contributed by atoms with Crippen LogP contribution in [0.5, 0.6) is 0 Å². The highest BCUT2D eigenvalue weighted by molar-refractivity contribution is 5.76. The number of allylic oxidation sites excluding steroid dienone is 2. The Kier molecular flexibility index (Phi) is 23.6. The molecule has 0 fully saturated rings. The van der Waals surface area contributed by atoms with E-state index in [4.69, 9.17) is 0 Å². The van der Waals surface area contributed by atoms with Gasteiger partial charge in [-0.15, -0.1) is 0 Å². The Morgan fingerprint density at radius 2 is 1.24 bits per heavy atom. The molecule has 196 valence electrons. The Morgan fingerprint density at radius 1 is 0.727 bits per heavy atom. The first kappa shape index (κ1) is 32.1. The van der Waals surface area contributed by atoms with Crippen LogP contribution in [0.3, 0.4) is 0 Å². The van der Waals surface area contributed by atoms with Crippen LogP contribution in [-0.2, 0) is 4.79 Å². The van der Waals surface area contributed by atoms with Crippen molar-refractivity contribution in [3.05, 3.63) is 12.2 Å². The quantitative estimate of drug-likeness (QED) is 0.100. The van der Waals surface area contributed by atoms with Crippen molar-refractivity contribution < 1.29 is 20.1 Å². The highest BCUT2D eigenvalue weighted by Gasteiger charge is 2.26. The van der Waals surface area contributed by atoms with Gasteiger partial charge < -0.3 is 20.6 Å². The summed E-state index contributed by atoms with van der Waals surface area (Å²) in [4.78, 5) is 12.2. The van der Waals surface area contributed by atoms with E-state index >= 15 is 0 Å². The second kappa shape index (κ2) is 24.2. The fourth-order valence-corrected chi connectivity index (χ4v) is 4.08. The number of unbranched alkanes of at least 4 members (excludes halogenated alkanes) is 14. The first-order chi connectivity index (χ1) is 16.1. The van der Waals surface area contributed by atoms with Crippen molar-refractivity contribution in [3.8, 4) is 0 Å². The van der Waals surface area contributed by atoms with E-state index < -0.39 is 18.2 Å². The molecule has 3 atom stereocenters. The number of hydrogen-bond donors (Lipinski definition) is 4. The minimum absolute atomic E-state index is 0.161. The number of nitrogens with one attached hydrogen (secondary N) is 1. The normalized spacial score (nSPS) is 14.5. The highest BCUT2D eigenvalue weighted by atomic mass is 16.3. The molecule has 0 aromatic carbocycles. The Bertz CT molecular complexity index is 455. The van der Waals surface area contributed by atoms with Gasteiger partial charge in [0.25, 0.3) is 0 Å². The van der Waals surface area contributed by atoms with Crippen molar-refractivity contribution in [2.24, 2.45) is 0 Å². The van der Waals surface area contributed by atoms with Crippen LogP contribution >= 0.6 is 0 Å². The summed E-state index contributed by atoms with van der Waals surface area (Å²) in [5.74, 6) is -0.161. The van der Waals surface area contributed by atoms with Crippen molar-refractivity contribution in [1.82, 2.24) is 5.32 Å². The zero-order chi connectivity index (χ0) is 24.6. The topological polar surface area (TPSA) is 89.8 Å². The summed E-state index contributed by atoms with van der Waals surface area (Å²) in [6, 6.07) is -0.805. The van der Waals surface area contributed by atoms with Gasteiger partial charge in [-0.25, -0.2) is 0 Å². The van der Waals surface area contributed by atoms with Crippen LogP contribution in [0.1, 0.15) is 136 Å². The van der Waals surface area contributed by atoms with E-state index in [-0.39, 0.29) is 12.5 Å². The molecule has 33 heavy (non-hydrogen) atoms. The molecule has 0 saturated heterocycles. The fraction of sp³-hybridized carbons (Fsp3) is 0.893. The summed E-state index contributed by atoms with van der Waals surface area (Å²) in [6.07, 6.45) is 23.0. The highest BCUT2D eigenvalue weighted by Crippen LogP contribution is 2.14. The van der Waals surface area contributed by atoms with Gasteiger partial charge in [0.05, 0.1) is 18.8 Å². The Labute approximate surface area is 204 Å². The standard InChI is InChI=1S/C28H55NO4/c1-3-5-7-9-11-13-14-15-17-19-21-23-27(32)29-25(24-30)28(33)26(31)22-20-18-16-12-10-8-6-4-2/h9,11,25-26,28,30-31,33H,3-8,10,12-24H2,1-2H3,(H,29,32)/b11-9-. The largest absolute Gasteiger partial charge is 0.394 e. The van der Waals surface area contributed by atoms with Gasteiger partial charge in [0.2, 0.25) is 5.91 Å². The third-order valence-electron chi connectivity index (χ3n) is 6.37. The SMILES string of the molecule is CCCC/C=C\CCCCCCCC(=O)NC(CO)C(O)C(O)CCCCCCCCCC. The zero-order valence-electron chi connectivity index (χ0n) is 21.8. The number of hydrogen-bond acceptors (Lipinski definition) is 4. The van der Waals surface area contributed by atoms with Crippen LogP contribution < -0.4 is 5.32 Å². The lowest BCUT2D eigenvalue weighted by Gasteiger charge is -2.26. The Balaban J connectivity index is 3.82. The van der Waals surface area contributed by atoms with E-state index in [1.807, 2.05) is 0 Å². The minimum Gasteiger partial charge on any atom is -0.394 e. The van der Waals surface area contributed by atoms with E-state index in [1.54, 1.807) is 0 Å². The van der Waals surface area contributed by atoms with E-state index in [2.05, 4.69) is 31.3 Å². The molecule has 0 aromatic heterocycles. The van der Waals surface area contributed by atoms with Crippen LogP contribution in [0.15, 0.2) is 12.2 Å². The average molecular weight is 470 g/mol. The van der Waals surface area contributed by atoms with Crippen LogP contribution in [-0.4, -0.2) is 46.1 Å². The molecule has 0 spiro atoms. The molecule has 0 rings (SSSR count). The number of carbonyl (C=O) groups excluding carboxylic acids is 1. The number of carbonyl (C=O) groups is 1. The summed E-state index contributed by atoms with van der Waals surface area (Å²) in [7, 11) is 0. The first-order valence-electron chi connectivity index (χ1n) is 14.0. The van der Waals surface area contributed by atoms with Crippen molar-refractivity contribution >= 4 is 5.91 Å². The lowest BCUT2D eigenvalue weighted by molar-refractivity contribution is -0.124. The third-order valence-corrected chi connectivity index (χ3v) is 6.37. The molecule has 5 heteroatoms. The second-order valence-corrected chi connectivity index (χ2v) is 9.60. The van der Waals surface area contributed by atoms with E-state index in [0.29, 0.717) is 12.8 Å². The van der Waals surface area contributed by atoms with Gasteiger partial charge in [0.15, 0.2) is 0 Å². The molecule has 0 aromatic rings. The molecule has 0 aliphatic rings. The maximum Gasteiger partial charge on any atom is 0.220 e. The summed E-state index contributed by atoms with van der Waals surface area (Å²) >= 11 is 0. The lowest BCUT2D eigenvalue weighted by atomic mass is 9.99. The van der Waals surface area contributed by atoms with Crippen molar-refractivity contribution in [3.63, 3.8) is 0 Å². The van der Waals surface area contributed by atoms with Crippen molar-refractivity contribution in [2.75, 3.05) is 6.61 Å². The minimum atomic E-state index is -1.13. The number of aliphatic hydroxyl groups excluding tert-OH is 3. The summed E-state index contributed by atoms with van der Waals surface area (Å²) in [5.41, 5.74) is 0. The van der Waals surface area contributed by atoms with Gasteiger partial charge in [0, 0.05) is 6.42 Å². The zero-order valence-corrected chi connectivity index (χ0v) is 21.8. The molecular formula is C28H55NO4. The second-order valence-electron chi connectivity index (χ2n) is 9.60. The number of rotatable bonds is 24. The molecule has 3 unspecified atom stereocenters. The fourth-order valence-electron chi connectivity index (χ4n) is 4.08. The summed E-state index contributed by atoms with van der Waals surface area (Å²) in [6.45, 7) is 4.06. The summed E-state index contributed by atoms with van der Waals surface area (Å²) < 4.78 is 0. The van der Waals surface area contributed by atoms with E-state index in [1.165, 1.54) is 64.2 Å². The smallest absolute Gasteiger partial charge is 0.220 e. The van der Waals surface area contributed by atoms with Gasteiger partial charge in [-0.3, -0.25) is 4.79 Å². The van der Waals surface area contributed by atoms with Gasteiger partial charge in [-0.2, -0.15) is 0 Å². The molecule has 4 N–H and O–H groups in total. The molecule has 5 nitrogen and oxygen atoms in total. The van der Waals surface area contributed by atoms with Gasteiger partial charge in [-0.05, 0) is 32.1 Å². The molecule has 0 bridgehead atoms. The van der Waals surface area contributed by atoms with Crippen LogP contribution in [0.2, 0.25) is 0 Å². The number of amides is 1. The van der Waals surface area contributed by atoms with E-state index in [9.17, 15) is 20.1 Å². The predicted octanol–water partition coefficient (Wildman–Crippen LogP) is 6.19. The third kappa shape index (κ3) is 20.2. The maximum atomic E-state index is 12.2. The monoisotopic (exact) mass is 469 g/mol. The Hall–Kier alpha value is -0.910. The van der Waals surface area contributed by atoms with Crippen LogP contribution in [0.4, 0.5) is 0 Å². The van der Waals surface area contributed by atoms with Crippen LogP contribution in [0.25, 0.3) is 0 Å². The molecule has 0 aliphatic heterocycles.